The van der Waals surface area contributed by atoms with Gasteiger partial charge >= 0.3 is 5.97 Å². The Morgan fingerprint density at radius 1 is 1.44 bits per heavy atom. The lowest BCUT2D eigenvalue weighted by molar-refractivity contribution is -0.160. The Morgan fingerprint density at radius 3 is 2.62 bits per heavy atom. The molecule has 92 valence electrons. The quantitative estimate of drug-likeness (QED) is 0.694. The summed E-state index contributed by atoms with van der Waals surface area (Å²) < 4.78 is 19.1. The van der Waals surface area contributed by atoms with Crippen LogP contribution in [0.1, 0.15) is 40.0 Å². The third kappa shape index (κ3) is 1.74. The normalized spacial score (nSPS) is 40.0. The molecular weight excluding hydrogens is 207 g/mol. The van der Waals surface area contributed by atoms with Gasteiger partial charge in [0.2, 0.25) is 0 Å². The largest absolute Gasteiger partial charge is 0.466 e. The van der Waals surface area contributed by atoms with Crippen LogP contribution in [0, 0.1) is 23.2 Å². The highest BCUT2D eigenvalue weighted by atomic mass is 19.1. The molecule has 0 aromatic rings. The van der Waals surface area contributed by atoms with E-state index in [9.17, 15) is 9.18 Å². The molecule has 4 atom stereocenters. The summed E-state index contributed by atoms with van der Waals surface area (Å²) in [5, 5.41) is 0. The van der Waals surface area contributed by atoms with Crippen LogP contribution < -0.4 is 0 Å². The van der Waals surface area contributed by atoms with E-state index in [0.717, 1.165) is 12.8 Å². The molecule has 0 amide bonds. The molecule has 0 aromatic heterocycles. The standard InChI is InChI=1S/C13H21FO2/c1-4-16-11(15)6-8-5-9-7-10(12(8)14)13(9,2)3/h8-10,12H,4-7H2,1-3H3. The molecule has 0 heterocycles. The molecule has 2 nitrogen and oxygen atoms in total. The highest BCUT2D eigenvalue weighted by molar-refractivity contribution is 5.69. The van der Waals surface area contributed by atoms with Gasteiger partial charge in [-0.1, -0.05) is 13.8 Å². The predicted octanol–water partition coefficient (Wildman–Crippen LogP) is 2.96. The number of fused-ring (bicyclic) bond motifs is 2. The smallest absolute Gasteiger partial charge is 0.306 e. The van der Waals surface area contributed by atoms with Crippen LogP contribution >= 0.6 is 0 Å². The van der Waals surface area contributed by atoms with Crippen LogP contribution in [0.15, 0.2) is 0 Å². The predicted molar refractivity (Wildman–Crippen MR) is 59.6 cm³/mol. The number of rotatable bonds is 3. The molecule has 0 aromatic carbocycles. The fourth-order valence-electron chi connectivity index (χ4n) is 3.45. The van der Waals surface area contributed by atoms with Crippen LogP contribution in [0.5, 0.6) is 0 Å². The van der Waals surface area contributed by atoms with E-state index in [1.54, 1.807) is 6.92 Å². The Morgan fingerprint density at radius 2 is 2.12 bits per heavy atom. The van der Waals surface area contributed by atoms with E-state index in [-0.39, 0.29) is 29.6 Å². The number of hydrogen-bond donors (Lipinski definition) is 0. The van der Waals surface area contributed by atoms with E-state index >= 15 is 0 Å². The zero-order valence-corrected chi connectivity index (χ0v) is 10.3. The monoisotopic (exact) mass is 228 g/mol. The van der Waals surface area contributed by atoms with Crippen molar-refractivity contribution in [3.8, 4) is 0 Å². The second-order valence-electron chi connectivity index (χ2n) is 5.81. The molecule has 0 radical (unpaired) electrons. The van der Waals surface area contributed by atoms with Gasteiger partial charge in [0, 0.05) is 5.92 Å². The lowest BCUT2D eigenvalue weighted by atomic mass is 9.46. The number of esters is 1. The van der Waals surface area contributed by atoms with Crippen molar-refractivity contribution in [1.29, 1.82) is 0 Å². The molecule has 4 unspecified atom stereocenters. The first-order valence-electron chi connectivity index (χ1n) is 6.26. The second kappa shape index (κ2) is 4.01. The highest BCUT2D eigenvalue weighted by Gasteiger charge is 2.58. The average molecular weight is 228 g/mol. The summed E-state index contributed by atoms with van der Waals surface area (Å²) in [6.45, 7) is 6.48. The molecule has 3 rings (SSSR count). The summed E-state index contributed by atoms with van der Waals surface area (Å²) in [7, 11) is 0. The summed E-state index contributed by atoms with van der Waals surface area (Å²) in [5.74, 6) is 0.416. The van der Waals surface area contributed by atoms with Gasteiger partial charge in [0.05, 0.1) is 13.0 Å². The average Bonchev–Trinajstić information content (AvgIpc) is 2.20. The van der Waals surface area contributed by atoms with Crippen molar-refractivity contribution in [3.05, 3.63) is 0 Å². The van der Waals surface area contributed by atoms with Crippen LogP contribution in [0.2, 0.25) is 0 Å². The van der Waals surface area contributed by atoms with Gasteiger partial charge in [-0.15, -0.1) is 0 Å². The van der Waals surface area contributed by atoms with Gasteiger partial charge in [-0.05, 0) is 37.0 Å². The van der Waals surface area contributed by atoms with Crippen LogP contribution in [-0.4, -0.2) is 18.7 Å². The third-order valence-electron chi connectivity index (χ3n) is 4.70. The van der Waals surface area contributed by atoms with Crippen molar-refractivity contribution < 1.29 is 13.9 Å². The van der Waals surface area contributed by atoms with Crippen molar-refractivity contribution in [2.75, 3.05) is 6.61 Å². The molecular formula is C13H21FO2. The number of ether oxygens (including phenoxy) is 1. The zero-order chi connectivity index (χ0) is 11.9. The third-order valence-corrected chi connectivity index (χ3v) is 4.70. The first-order valence-corrected chi connectivity index (χ1v) is 6.26. The Kier molecular flexibility index (Phi) is 2.97. The number of hydrogen-bond acceptors (Lipinski definition) is 2. The first kappa shape index (κ1) is 11.9. The molecule has 3 heteroatoms. The van der Waals surface area contributed by atoms with Gasteiger partial charge in [0.15, 0.2) is 0 Å². The molecule has 16 heavy (non-hydrogen) atoms. The Hall–Kier alpha value is -0.600. The lowest BCUT2D eigenvalue weighted by Gasteiger charge is -2.60. The zero-order valence-electron chi connectivity index (χ0n) is 10.3. The number of carbonyl (C=O) groups excluding carboxylic acids is 1. The van der Waals surface area contributed by atoms with Crippen molar-refractivity contribution in [3.63, 3.8) is 0 Å². The maximum atomic E-state index is 14.2. The summed E-state index contributed by atoms with van der Waals surface area (Å²) in [5.41, 5.74) is 0.143. The van der Waals surface area contributed by atoms with Crippen LogP contribution in [0.4, 0.5) is 4.39 Å². The molecule has 0 N–H and O–H groups in total. The summed E-state index contributed by atoms with van der Waals surface area (Å²) in [6.07, 6.45) is 1.30. The molecule has 3 fully saturated rings. The van der Waals surface area contributed by atoms with Gasteiger partial charge in [-0.25, -0.2) is 4.39 Å². The Labute approximate surface area is 96.5 Å². The minimum Gasteiger partial charge on any atom is -0.466 e. The van der Waals surface area contributed by atoms with Crippen molar-refractivity contribution >= 4 is 5.97 Å². The maximum absolute atomic E-state index is 14.2. The summed E-state index contributed by atoms with van der Waals surface area (Å²) in [6, 6.07) is 0. The van der Waals surface area contributed by atoms with E-state index in [0.29, 0.717) is 12.5 Å². The van der Waals surface area contributed by atoms with Crippen molar-refractivity contribution in [2.45, 2.75) is 46.2 Å². The molecule has 3 aliphatic rings. The first-order chi connectivity index (χ1) is 7.46. The molecule has 0 saturated heterocycles. The molecule has 3 saturated carbocycles. The fourth-order valence-corrected chi connectivity index (χ4v) is 3.45. The molecule has 0 spiro atoms. The maximum Gasteiger partial charge on any atom is 0.306 e. The Balaban J connectivity index is 1.93. The van der Waals surface area contributed by atoms with Gasteiger partial charge in [-0.3, -0.25) is 4.79 Å². The number of alkyl halides is 1. The molecule has 0 aliphatic heterocycles. The van der Waals surface area contributed by atoms with E-state index < -0.39 is 6.17 Å². The number of halogens is 1. The molecule has 3 aliphatic carbocycles. The summed E-state index contributed by atoms with van der Waals surface area (Å²) in [4.78, 5) is 11.4. The van der Waals surface area contributed by atoms with Crippen molar-refractivity contribution in [1.82, 2.24) is 0 Å². The number of carbonyl (C=O) groups is 1. The van der Waals surface area contributed by atoms with Gasteiger partial charge in [-0.2, -0.15) is 0 Å². The topological polar surface area (TPSA) is 26.3 Å². The van der Waals surface area contributed by atoms with Gasteiger partial charge < -0.3 is 4.74 Å². The van der Waals surface area contributed by atoms with Crippen molar-refractivity contribution in [2.24, 2.45) is 23.2 Å². The van der Waals surface area contributed by atoms with Gasteiger partial charge in [0.1, 0.15) is 6.17 Å². The SMILES string of the molecule is CCOC(=O)CC1CC2CC(C1F)C2(C)C. The summed E-state index contributed by atoms with van der Waals surface area (Å²) >= 11 is 0. The second-order valence-corrected chi connectivity index (χ2v) is 5.81. The van der Waals surface area contributed by atoms with Crippen LogP contribution in [-0.2, 0) is 9.53 Å². The van der Waals surface area contributed by atoms with Crippen LogP contribution in [0.25, 0.3) is 0 Å². The highest BCUT2D eigenvalue weighted by Crippen LogP contribution is 2.62. The minimum absolute atomic E-state index is 0.101. The lowest BCUT2D eigenvalue weighted by Crippen LogP contribution is -2.57. The van der Waals surface area contributed by atoms with E-state index in [1.165, 1.54) is 0 Å². The Bertz CT molecular complexity index is 288. The van der Waals surface area contributed by atoms with Crippen LogP contribution in [0.3, 0.4) is 0 Å². The minimum atomic E-state index is -0.815. The van der Waals surface area contributed by atoms with E-state index in [1.807, 2.05) is 0 Å². The van der Waals surface area contributed by atoms with Gasteiger partial charge in [0.25, 0.3) is 0 Å². The van der Waals surface area contributed by atoms with E-state index in [2.05, 4.69) is 13.8 Å². The van der Waals surface area contributed by atoms with E-state index in [4.69, 9.17) is 4.74 Å². The molecule has 2 bridgehead atoms. The fraction of sp³-hybridized carbons (Fsp3) is 0.923.